The van der Waals surface area contributed by atoms with E-state index in [4.69, 9.17) is 9.72 Å². The Balaban J connectivity index is 1.59. The van der Waals surface area contributed by atoms with Gasteiger partial charge in [0.25, 0.3) is 5.56 Å². The lowest BCUT2D eigenvalue weighted by atomic mass is 10.1. The van der Waals surface area contributed by atoms with Crippen LogP contribution in [-0.4, -0.2) is 40.5 Å². The van der Waals surface area contributed by atoms with E-state index in [0.717, 1.165) is 25.0 Å². The van der Waals surface area contributed by atoms with E-state index in [1.807, 2.05) is 55.5 Å². The molecule has 0 unspecified atom stereocenters. The largest absolute Gasteiger partial charge is 0.376 e. The summed E-state index contributed by atoms with van der Waals surface area (Å²) in [5.74, 6) is 0.107. The van der Waals surface area contributed by atoms with Gasteiger partial charge in [0.2, 0.25) is 5.91 Å². The van der Waals surface area contributed by atoms with Crippen molar-refractivity contribution in [1.82, 2.24) is 14.9 Å². The Morgan fingerprint density at radius 2 is 2.00 bits per heavy atom. The molecule has 0 radical (unpaired) electrons. The zero-order chi connectivity index (χ0) is 20.9. The van der Waals surface area contributed by atoms with Gasteiger partial charge >= 0.3 is 0 Å². The highest BCUT2D eigenvalue weighted by atomic mass is 32.2. The molecule has 6 nitrogen and oxygen atoms in total. The quantitative estimate of drug-likeness (QED) is 0.466. The number of benzene rings is 2. The van der Waals surface area contributed by atoms with E-state index in [1.165, 1.54) is 11.8 Å². The molecular formula is C23H25N3O3S. The Morgan fingerprint density at radius 1 is 1.23 bits per heavy atom. The number of nitrogens with one attached hydrogen (secondary N) is 1. The molecular weight excluding hydrogens is 398 g/mol. The van der Waals surface area contributed by atoms with Gasteiger partial charge in [-0.2, -0.15) is 0 Å². The molecule has 1 aromatic heterocycles. The number of hydrogen-bond acceptors (Lipinski definition) is 5. The van der Waals surface area contributed by atoms with Gasteiger partial charge in [0.1, 0.15) is 0 Å². The topological polar surface area (TPSA) is 73.2 Å². The summed E-state index contributed by atoms with van der Waals surface area (Å²) in [4.78, 5) is 30.4. The number of carbonyl (C=O) groups is 1. The number of ether oxygens (including phenoxy) is 1. The summed E-state index contributed by atoms with van der Waals surface area (Å²) in [6.07, 6.45) is 2.13. The highest BCUT2D eigenvalue weighted by molar-refractivity contribution is 7.99. The lowest BCUT2D eigenvalue weighted by Gasteiger charge is -2.20. The van der Waals surface area contributed by atoms with Gasteiger partial charge in [0.15, 0.2) is 5.16 Å². The highest BCUT2D eigenvalue weighted by Gasteiger charge is 2.20. The highest BCUT2D eigenvalue weighted by Crippen LogP contribution is 2.24. The Labute approximate surface area is 179 Å². The lowest BCUT2D eigenvalue weighted by molar-refractivity contribution is -0.119. The molecule has 1 saturated heterocycles. The van der Waals surface area contributed by atoms with Crippen molar-refractivity contribution < 1.29 is 9.53 Å². The molecule has 0 bridgehead atoms. The average molecular weight is 424 g/mol. The maximum absolute atomic E-state index is 13.3. The number of amides is 1. The first kappa shape index (κ1) is 20.6. The van der Waals surface area contributed by atoms with Crippen LogP contribution in [-0.2, 0) is 9.53 Å². The van der Waals surface area contributed by atoms with Crippen LogP contribution in [0.1, 0.15) is 31.4 Å². The third-order valence-electron chi connectivity index (χ3n) is 5.33. The van der Waals surface area contributed by atoms with Crippen LogP contribution in [0.3, 0.4) is 0 Å². The van der Waals surface area contributed by atoms with Gasteiger partial charge in [-0.3, -0.25) is 14.2 Å². The van der Waals surface area contributed by atoms with E-state index < -0.39 is 0 Å². The molecule has 1 amide bonds. The van der Waals surface area contributed by atoms with Crippen molar-refractivity contribution in [2.75, 3.05) is 18.9 Å². The normalized spacial score (nSPS) is 17.2. The molecule has 7 heteroatoms. The number of thioether (sulfide) groups is 1. The number of carbonyl (C=O) groups excluding carboxylic acids is 1. The smallest absolute Gasteiger partial charge is 0.262 e. The molecule has 0 saturated carbocycles. The van der Waals surface area contributed by atoms with Gasteiger partial charge in [-0.1, -0.05) is 54.2 Å². The van der Waals surface area contributed by atoms with Crippen molar-refractivity contribution in [1.29, 1.82) is 0 Å². The number of fused-ring (bicyclic) bond motifs is 1. The predicted molar refractivity (Wildman–Crippen MR) is 119 cm³/mol. The van der Waals surface area contributed by atoms with Crippen LogP contribution in [0.2, 0.25) is 0 Å². The van der Waals surface area contributed by atoms with E-state index in [-0.39, 0.29) is 29.4 Å². The first-order valence-electron chi connectivity index (χ1n) is 10.2. The fraction of sp³-hybridized carbons (Fsp3) is 0.348. The molecule has 3 aromatic rings. The van der Waals surface area contributed by atoms with Crippen LogP contribution in [0.15, 0.2) is 64.5 Å². The van der Waals surface area contributed by atoms with Crippen LogP contribution in [0.4, 0.5) is 0 Å². The van der Waals surface area contributed by atoms with Crippen LogP contribution in [0.25, 0.3) is 10.9 Å². The number of aromatic nitrogens is 2. The Kier molecular flexibility index (Phi) is 6.50. The third kappa shape index (κ3) is 4.57. The van der Waals surface area contributed by atoms with Gasteiger partial charge in [-0.15, -0.1) is 0 Å². The molecule has 1 aliphatic rings. The predicted octanol–water partition coefficient (Wildman–Crippen LogP) is 3.39. The lowest BCUT2D eigenvalue weighted by Crippen LogP contribution is -2.33. The number of hydrogen-bond donors (Lipinski definition) is 1. The van der Waals surface area contributed by atoms with Gasteiger partial charge in [-0.25, -0.2) is 4.98 Å². The first-order chi connectivity index (χ1) is 14.6. The Morgan fingerprint density at radius 3 is 2.77 bits per heavy atom. The molecule has 0 spiro atoms. The summed E-state index contributed by atoms with van der Waals surface area (Å²) in [6, 6.07) is 17.0. The van der Waals surface area contributed by atoms with Crippen LogP contribution >= 0.6 is 11.8 Å². The minimum absolute atomic E-state index is 0.0863. The maximum atomic E-state index is 13.3. The summed E-state index contributed by atoms with van der Waals surface area (Å²) in [7, 11) is 0. The van der Waals surface area contributed by atoms with Crippen molar-refractivity contribution in [3.05, 3.63) is 70.5 Å². The SMILES string of the molecule is C[C@@H](c1ccccc1)n1c(SCC(=O)NC[C@@H]2CCCO2)nc2ccccc2c1=O. The van der Waals surface area contributed by atoms with Crippen molar-refractivity contribution in [2.45, 2.75) is 37.1 Å². The standard InChI is InChI=1S/C23H25N3O3S/c1-16(17-8-3-2-4-9-17)26-22(28)19-11-5-6-12-20(19)25-23(26)30-15-21(27)24-14-18-10-7-13-29-18/h2-6,8-9,11-12,16,18H,7,10,13-15H2,1H3,(H,24,27)/t16-,18-/m0/s1. The first-order valence-corrected chi connectivity index (χ1v) is 11.2. The number of para-hydroxylation sites is 1. The molecule has 1 fully saturated rings. The van der Waals surface area contributed by atoms with E-state index >= 15 is 0 Å². The molecule has 30 heavy (non-hydrogen) atoms. The van der Waals surface area contributed by atoms with Crippen molar-refractivity contribution in [3.8, 4) is 0 Å². The van der Waals surface area contributed by atoms with Gasteiger partial charge in [0.05, 0.1) is 28.8 Å². The summed E-state index contributed by atoms with van der Waals surface area (Å²) in [6.45, 7) is 3.27. The molecule has 0 aliphatic carbocycles. The van der Waals surface area contributed by atoms with Crippen LogP contribution in [0.5, 0.6) is 0 Å². The zero-order valence-electron chi connectivity index (χ0n) is 16.9. The van der Waals surface area contributed by atoms with Crippen LogP contribution < -0.4 is 10.9 Å². The van der Waals surface area contributed by atoms with E-state index in [9.17, 15) is 9.59 Å². The molecule has 1 aliphatic heterocycles. The van der Waals surface area contributed by atoms with E-state index in [0.29, 0.717) is 22.6 Å². The molecule has 4 rings (SSSR count). The molecule has 2 aromatic carbocycles. The van der Waals surface area contributed by atoms with Gasteiger partial charge < -0.3 is 10.1 Å². The van der Waals surface area contributed by atoms with E-state index in [2.05, 4.69) is 5.32 Å². The molecule has 2 heterocycles. The fourth-order valence-electron chi connectivity index (χ4n) is 3.66. The summed E-state index contributed by atoms with van der Waals surface area (Å²) in [5.41, 5.74) is 1.56. The average Bonchev–Trinajstić information content (AvgIpc) is 3.30. The second kappa shape index (κ2) is 9.45. The van der Waals surface area contributed by atoms with Gasteiger partial charge in [-0.05, 0) is 37.5 Å². The summed E-state index contributed by atoms with van der Waals surface area (Å²) >= 11 is 1.29. The minimum Gasteiger partial charge on any atom is -0.376 e. The summed E-state index contributed by atoms with van der Waals surface area (Å²) in [5, 5.41) is 4.05. The van der Waals surface area contributed by atoms with Crippen LogP contribution in [0, 0.1) is 0 Å². The maximum Gasteiger partial charge on any atom is 0.262 e. The number of rotatable bonds is 7. The van der Waals surface area contributed by atoms with Gasteiger partial charge in [0, 0.05) is 13.2 Å². The van der Waals surface area contributed by atoms with Crippen molar-refractivity contribution in [3.63, 3.8) is 0 Å². The summed E-state index contributed by atoms with van der Waals surface area (Å²) < 4.78 is 7.24. The fourth-order valence-corrected chi connectivity index (χ4v) is 4.57. The second-order valence-electron chi connectivity index (χ2n) is 7.40. The molecule has 1 N–H and O–H groups in total. The monoisotopic (exact) mass is 423 g/mol. The van der Waals surface area contributed by atoms with E-state index in [1.54, 1.807) is 10.6 Å². The molecule has 2 atom stereocenters. The minimum atomic E-state index is -0.201. The third-order valence-corrected chi connectivity index (χ3v) is 6.28. The second-order valence-corrected chi connectivity index (χ2v) is 8.34. The van der Waals surface area contributed by atoms with Crippen molar-refractivity contribution >= 4 is 28.6 Å². The Hall–Kier alpha value is -2.64. The zero-order valence-corrected chi connectivity index (χ0v) is 17.7. The Bertz CT molecular complexity index is 1080. The number of nitrogens with zero attached hydrogens (tertiary/aromatic N) is 2. The molecule has 156 valence electrons. The van der Waals surface area contributed by atoms with Crippen molar-refractivity contribution in [2.24, 2.45) is 0 Å².